The van der Waals surface area contributed by atoms with Crippen LogP contribution in [0.25, 0.3) is 11.6 Å². The molecule has 4 heterocycles. The molecule has 2 N–H and O–H groups in total. The second kappa shape index (κ2) is 13.3. The standard InChI is InChI=1S/C34H31BF6N2O6/c1-2-18-12-25-30(32(46)43(31(25)45)22-14-20(33(36,37)38)13-21(15-22)34(39,40)41)26-16-35(47)49-28(29(18)26)9-6-19(27-5-3-4-10-42-27)11-23-7-8-24(17-44)48-23/h3-5,7-8,10-11,13-15,25-26,28,30,44,47H,2,6,9,12,16-17H2,1H3/b19-11-/t25-,26+,28-,30-/m1/s1. The van der Waals surface area contributed by atoms with Crippen LogP contribution in [0.1, 0.15) is 60.9 Å². The number of amides is 2. The number of anilines is 1. The third-order valence-corrected chi connectivity index (χ3v) is 9.39. The van der Waals surface area contributed by atoms with Gasteiger partial charge in [-0.05, 0) is 97.6 Å². The van der Waals surface area contributed by atoms with E-state index in [0.29, 0.717) is 59.1 Å². The molecule has 0 bridgehead atoms. The number of fused-ring (bicyclic) bond motifs is 3. The number of furan rings is 1. The summed E-state index contributed by atoms with van der Waals surface area (Å²) in [6, 6.07) is 9.41. The maximum Gasteiger partial charge on any atom is 0.455 e. The van der Waals surface area contributed by atoms with Gasteiger partial charge >= 0.3 is 19.5 Å². The van der Waals surface area contributed by atoms with E-state index >= 15 is 0 Å². The predicted octanol–water partition coefficient (Wildman–Crippen LogP) is 6.94. The minimum Gasteiger partial charge on any atom is -0.459 e. The lowest BCUT2D eigenvalue weighted by atomic mass is 9.58. The third-order valence-electron chi connectivity index (χ3n) is 9.39. The van der Waals surface area contributed by atoms with E-state index in [2.05, 4.69) is 4.98 Å². The molecule has 0 radical (unpaired) electrons. The van der Waals surface area contributed by atoms with Crippen molar-refractivity contribution in [2.75, 3.05) is 4.90 Å². The first-order chi connectivity index (χ1) is 23.2. The third kappa shape index (κ3) is 6.84. The molecule has 0 spiro atoms. The Hall–Kier alpha value is -4.21. The monoisotopic (exact) mass is 688 g/mol. The van der Waals surface area contributed by atoms with Crippen molar-refractivity contribution in [3.05, 3.63) is 94.2 Å². The molecule has 3 aromatic rings. The number of benzene rings is 1. The van der Waals surface area contributed by atoms with E-state index in [-0.39, 0.29) is 25.4 Å². The molecule has 3 aliphatic rings. The minimum absolute atomic E-state index is 0.0546. The van der Waals surface area contributed by atoms with Crippen LogP contribution in [0.4, 0.5) is 32.0 Å². The summed E-state index contributed by atoms with van der Waals surface area (Å²) in [5.41, 5.74) is -1.20. The Kier molecular flexibility index (Phi) is 9.37. The van der Waals surface area contributed by atoms with E-state index in [0.717, 1.165) is 11.1 Å². The zero-order valence-electron chi connectivity index (χ0n) is 26.1. The maximum atomic E-state index is 14.0. The van der Waals surface area contributed by atoms with Gasteiger partial charge < -0.3 is 19.2 Å². The van der Waals surface area contributed by atoms with Crippen LogP contribution < -0.4 is 4.90 Å². The first-order valence-electron chi connectivity index (χ1n) is 15.7. The van der Waals surface area contributed by atoms with Crippen molar-refractivity contribution in [2.24, 2.45) is 17.8 Å². The number of hydrogen-bond acceptors (Lipinski definition) is 7. The minimum atomic E-state index is -5.17. The van der Waals surface area contributed by atoms with Gasteiger partial charge in [0, 0.05) is 6.20 Å². The number of aromatic nitrogens is 1. The molecule has 258 valence electrons. The highest BCUT2D eigenvalue weighted by Crippen LogP contribution is 2.52. The number of hydrogen-bond donors (Lipinski definition) is 2. The van der Waals surface area contributed by atoms with E-state index < -0.39 is 72.0 Å². The van der Waals surface area contributed by atoms with E-state index in [4.69, 9.17) is 9.07 Å². The van der Waals surface area contributed by atoms with Gasteiger partial charge in [-0.25, -0.2) is 4.90 Å². The molecule has 2 fully saturated rings. The zero-order valence-corrected chi connectivity index (χ0v) is 26.1. The van der Waals surface area contributed by atoms with Crippen molar-refractivity contribution in [3.63, 3.8) is 0 Å². The Morgan fingerprint density at radius 1 is 1.02 bits per heavy atom. The van der Waals surface area contributed by atoms with Gasteiger partial charge in [-0.1, -0.05) is 18.6 Å². The molecule has 8 nitrogen and oxygen atoms in total. The summed E-state index contributed by atoms with van der Waals surface area (Å²) >= 11 is 0. The van der Waals surface area contributed by atoms with E-state index in [1.807, 2.05) is 13.0 Å². The predicted molar refractivity (Wildman–Crippen MR) is 165 cm³/mol. The number of carbonyl (C=O) groups excluding carboxylic acids is 2. The second-order valence-electron chi connectivity index (χ2n) is 12.3. The fourth-order valence-electron chi connectivity index (χ4n) is 7.27. The first kappa shape index (κ1) is 34.7. The highest BCUT2D eigenvalue weighted by Gasteiger charge is 2.58. The van der Waals surface area contributed by atoms with Gasteiger partial charge in [0.1, 0.15) is 18.1 Å². The Morgan fingerprint density at radius 3 is 2.33 bits per heavy atom. The van der Waals surface area contributed by atoms with E-state index in [1.165, 1.54) is 0 Å². The fourth-order valence-corrected chi connectivity index (χ4v) is 7.27. The molecule has 0 saturated carbocycles. The lowest BCUT2D eigenvalue weighted by molar-refractivity contribution is -0.143. The van der Waals surface area contributed by atoms with Crippen LogP contribution in [0.3, 0.4) is 0 Å². The van der Waals surface area contributed by atoms with Gasteiger partial charge in [-0.3, -0.25) is 14.6 Å². The van der Waals surface area contributed by atoms with Crippen LogP contribution in [0.5, 0.6) is 0 Å². The van der Waals surface area contributed by atoms with Gasteiger partial charge in [0.15, 0.2) is 0 Å². The summed E-state index contributed by atoms with van der Waals surface area (Å²) in [6.07, 6.45) is -6.59. The number of aliphatic hydroxyl groups is 1. The van der Waals surface area contributed by atoms with Crippen molar-refractivity contribution in [2.45, 2.75) is 64.0 Å². The smallest absolute Gasteiger partial charge is 0.455 e. The Labute approximate surface area is 277 Å². The highest BCUT2D eigenvalue weighted by molar-refractivity contribution is 6.43. The summed E-state index contributed by atoms with van der Waals surface area (Å²) in [6.45, 7) is 1.56. The summed E-state index contributed by atoms with van der Waals surface area (Å²) < 4.78 is 93.7. The number of rotatable bonds is 8. The van der Waals surface area contributed by atoms with Crippen molar-refractivity contribution in [1.29, 1.82) is 0 Å². The van der Waals surface area contributed by atoms with Crippen LogP contribution in [-0.4, -0.2) is 40.2 Å². The lowest BCUT2D eigenvalue weighted by Crippen LogP contribution is -2.46. The number of halogens is 6. The summed E-state index contributed by atoms with van der Waals surface area (Å²) in [5, 5.41) is 20.3. The largest absolute Gasteiger partial charge is 0.459 e. The molecule has 2 amide bonds. The lowest BCUT2D eigenvalue weighted by Gasteiger charge is -2.43. The quantitative estimate of drug-likeness (QED) is 0.114. The van der Waals surface area contributed by atoms with Crippen molar-refractivity contribution >= 4 is 36.3 Å². The number of pyridine rings is 1. The summed E-state index contributed by atoms with van der Waals surface area (Å²) in [5.74, 6) is -3.85. The number of imide groups is 1. The Bertz CT molecular complexity index is 1770. The molecule has 1 aliphatic carbocycles. The number of aliphatic hydroxyl groups excluding tert-OH is 1. The van der Waals surface area contributed by atoms with Crippen LogP contribution in [-0.2, 0) is 33.2 Å². The Balaban J connectivity index is 1.33. The molecule has 4 atom stereocenters. The van der Waals surface area contributed by atoms with Crippen LogP contribution in [0, 0.1) is 17.8 Å². The van der Waals surface area contributed by atoms with Crippen LogP contribution >= 0.6 is 0 Å². The molecule has 2 aliphatic heterocycles. The SMILES string of the molecule is CCC1=C2[C@@H](CC/C(=C/c3ccc(CO)o3)c3ccccn3)OB(O)C[C@@H]2[C@@H]2C(=O)N(c3cc(C(F)(F)F)cc(C(F)(F)F)c3)C(=O)[C@@H]2C1. The first-order valence-corrected chi connectivity index (χ1v) is 15.7. The average Bonchev–Trinajstić information content (AvgIpc) is 3.62. The van der Waals surface area contributed by atoms with Crippen molar-refractivity contribution in [3.8, 4) is 0 Å². The number of nitrogens with zero attached hydrogens (tertiary/aromatic N) is 2. The number of carbonyl (C=O) groups is 2. The van der Waals surface area contributed by atoms with Crippen LogP contribution in [0.15, 0.2) is 70.3 Å². The topological polar surface area (TPSA) is 113 Å². The number of allylic oxidation sites excluding steroid dienone is 2. The normalized spacial score (nSPS) is 23.3. The maximum absolute atomic E-state index is 14.0. The number of alkyl halides is 6. The van der Waals surface area contributed by atoms with E-state index in [1.54, 1.807) is 36.5 Å². The van der Waals surface area contributed by atoms with Crippen molar-refractivity contribution in [1.82, 2.24) is 4.98 Å². The van der Waals surface area contributed by atoms with Gasteiger partial charge in [-0.2, -0.15) is 26.3 Å². The molecular weight excluding hydrogens is 657 g/mol. The van der Waals surface area contributed by atoms with Gasteiger partial charge in [-0.15, -0.1) is 0 Å². The summed E-state index contributed by atoms with van der Waals surface area (Å²) in [7, 11) is -1.35. The average molecular weight is 688 g/mol. The van der Waals surface area contributed by atoms with Gasteiger partial charge in [0.25, 0.3) is 0 Å². The molecular formula is C34H31BF6N2O6. The Morgan fingerprint density at radius 2 is 1.73 bits per heavy atom. The van der Waals surface area contributed by atoms with Crippen molar-refractivity contribution < 1.29 is 55.1 Å². The molecule has 2 aromatic heterocycles. The van der Waals surface area contributed by atoms with Gasteiger partial charge in [0.2, 0.25) is 11.8 Å². The van der Waals surface area contributed by atoms with E-state index in [9.17, 15) is 46.1 Å². The van der Waals surface area contributed by atoms with Gasteiger partial charge in [0.05, 0.1) is 40.4 Å². The molecule has 1 aromatic carbocycles. The molecule has 49 heavy (non-hydrogen) atoms. The van der Waals surface area contributed by atoms with Crippen LogP contribution in [0.2, 0.25) is 6.32 Å². The summed E-state index contributed by atoms with van der Waals surface area (Å²) in [4.78, 5) is 32.6. The molecule has 2 saturated heterocycles. The fraction of sp³-hybridized carbons (Fsp3) is 0.382. The molecule has 0 unspecified atom stereocenters. The molecule has 15 heteroatoms. The highest BCUT2D eigenvalue weighted by atomic mass is 19.4. The zero-order chi connectivity index (χ0) is 35.2. The second-order valence-corrected chi connectivity index (χ2v) is 12.3. The molecule has 6 rings (SSSR count).